The summed E-state index contributed by atoms with van der Waals surface area (Å²) >= 11 is 9.33. The fourth-order valence-electron chi connectivity index (χ4n) is 1.74. The zero-order chi connectivity index (χ0) is 19.4. The molecule has 2 aliphatic rings. The summed E-state index contributed by atoms with van der Waals surface area (Å²) in [6.07, 6.45) is 0.0330. The molecule has 4 N–H and O–H groups in total. The average molecular weight is 399 g/mol. The molecular weight excluding hydrogens is 390 g/mol. The van der Waals surface area contributed by atoms with Crippen LogP contribution in [0.5, 0.6) is 11.5 Å². The van der Waals surface area contributed by atoms with E-state index < -0.39 is 34.3 Å². The van der Waals surface area contributed by atoms with Gasteiger partial charge < -0.3 is 19.7 Å². The van der Waals surface area contributed by atoms with Crippen LogP contribution >= 0.6 is 24.4 Å². The number of carbonyl (C=O) groups excluding carboxylic acids is 2. The van der Waals surface area contributed by atoms with Gasteiger partial charge in [-0.15, -0.1) is 0 Å². The standard InChI is InChI=1S/C10H6N2O6S.C3H3NO2S/c13-6-2-4(1-5(8(6)14)12(16)17)3-7-9(19)11-10(15)18-7;5-3-4-2(7)1-6-3/h1-3,13-14H,(H,11,15,19);1H2,(H,4,5,7). The summed E-state index contributed by atoms with van der Waals surface area (Å²) in [6, 6.07) is 2.08. The molecule has 0 aromatic heterocycles. The van der Waals surface area contributed by atoms with Gasteiger partial charge in [0, 0.05) is 6.07 Å². The lowest BCUT2D eigenvalue weighted by Crippen LogP contribution is -2.16. The lowest BCUT2D eigenvalue weighted by atomic mass is 10.1. The van der Waals surface area contributed by atoms with Crippen LogP contribution in [0.25, 0.3) is 6.08 Å². The highest BCUT2D eigenvalue weighted by atomic mass is 32.1. The predicted molar refractivity (Wildman–Crippen MR) is 93.7 cm³/mol. The first-order chi connectivity index (χ1) is 12.2. The Balaban J connectivity index is 0.000000290. The number of amides is 2. The molecule has 0 unspecified atom stereocenters. The highest BCUT2D eigenvalue weighted by molar-refractivity contribution is 7.81. The second-order valence-corrected chi connectivity index (χ2v) is 5.54. The highest BCUT2D eigenvalue weighted by Crippen LogP contribution is 2.36. The molecule has 0 aliphatic carbocycles. The Hall–Kier alpha value is -3.32. The van der Waals surface area contributed by atoms with Crippen molar-refractivity contribution in [3.8, 4) is 11.5 Å². The Morgan fingerprint density at radius 2 is 1.88 bits per heavy atom. The van der Waals surface area contributed by atoms with Crippen LogP contribution in [0.1, 0.15) is 5.56 Å². The van der Waals surface area contributed by atoms with E-state index in [1.165, 1.54) is 6.08 Å². The van der Waals surface area contributed by atoms with Crippen LogP contribution in [0, 0.1) is 10.1 Å². The summed E-state index contributed by atoms with van der Waals surface area (Å²) in [5.74, 6) is -1.50. The molecule has 26 heavy (non-hydrogen) atoms. The fourth-order valence-corrected chi connectivity index (χ4v) is 2.06. The third kappa shape index (κ3) is 4.61. The first kappa shape index (κ1) is 19.0. The quantitative estimate of drug-likeness (QED) is 0.188. The van der Waals surface area contributed by atoms with E-state index >= 15 is 0 Å². The Labute approximate surface area is 155 Å². The Kier molecular flexibility index (Phi) is 5.64. The van der Waals surface area contributed by atoms with E-state index in [-0.39, 0.29) is 22.9 Å². The molecule has 1 aromatic rings. The molecule has 2 heterocycles. The second kappa shape index (κ2) is 7.71. The number of nitro groups is 1. The molecule has 0 bridgehead atoms. The number of phenols is 2. The molecule has 0 saturated carbocycles. The Morgan fingerprint density at radius 3 is 2.31 bits per heavy atom. The van der Waals surface area contributed by atoms with Crippen LogP contribution < -0.4 is 10.6 Å². The third-order valence-corrected chi connectivity index (χ3v) is 3.33. The molecule has 1 aromatic carbocycles. The summed E-state index contributed by atoms with van der Waals surface area (Å²) in [7, 11) is 0. The van der Waals surface area contributed by atoms with Crippen LogP contribution in [-0.4, -0.2) is 43.9 Å². The number of nitrogens with zero attached hydrogens (tertiary/aromatic N) is 1. The maximum atomic E-state index is 10.9. The number of carbonyl (C=O) groups is 2. The van der Waals surface area contributed by atoms with Crippen LogP contribution in [-0.2, 0) is 9.47 Å². The van der Waals surface area contributed by atoms with Crippen molar-refractivity contribution in [3.63, 3.8) is 0 Å². The van der Waals surface area contributed by atoms with Crippen molar-refractivity contribution in [2.24, 2.45) is 0 Å². The number of nitro benzene ring substituents is 1. The number of phenolic OH excluding ortho intramolecular Hbond substituents is 2. The monoisotopic (exact) mass is 399 g/mol. The maximum Gasteiger partial charge on any atom is 0.417 e. The molecule has 0 radical (unpaired) electrons. The molecule has 0 atom stereocenters. The topological polar surface area (TPSA) is 160 Å². The van der Waals surface area contributed by atoms with E-state index in [0.717, 1.165) is 12.1 Å². The van der Waals surface area contributed by atoms with Crippen molar-refractivity contribution in [2.75, 3.05) is 6.61 Å². The van der Waals surface area contributed by atoms with E-state index in [1.807, 2.05) is 0 Å². The van der Waals surface area contributed by atoms with Crippen molar-refractivity contribution >= 4 is 58.4 Å². The number of cyclic esters (lactones) is 2. The molecule has 136 valence electrons. The van der Waals surface area contributed by atoms with Crippen LogP contribution in [0.15, 0.2) is 17.9 Å². The third-order valence-electron chi connectivity index (χ3n) is 2.80. The number of thiocarbonyl (C=S) groups is 2. The van der Waals surface area contributed by atoms with Crippen LogP contribution in [0.3, 0.4) is 0 Å². The molecule has 0 spiro atoms. The first-order valence-electron chi connectivity index (χ1n) is 6.59. The molecule has 2 fully saturated rings. The molecular formula is C13H9N3O8S2. The van der Waals surface area contributed by atoms with E-state index in [0.29, 0.717) is 4.99 Å². The van der Waals surface area contributed by atoms with Gasteiger partial charge in [0.2, 0.25) is 5.75 Å². The number of nitrogens with one attached hydrogen (secondary N) is 2. The van der Waals surface area contributed by atoms with Gasteiger partial charge in [0.25, 0.3) is 0 Å². The molecule has 3 rings (SSSR count). The van der Waals surface area contributed by atoms with Crippen molar-refractivity contribution < 1.29 is 34.2 Å². The van der Waals surface area contributed by atoms with E-state index in [4.69, 9.17) is 17.0 Å². The summed E-state index contributed by atoms with van der Waals surface area (Å²) < 4.78 is 9.08. The van der Waals surface area contributed by atoms with E-state index in [9.17, 15) is 29.9 Å². The van der Waals surface area contributed by atoms with Gasteiger partial charge in [0.15, 0.2) is 16.5 Å². The summed E-state index contributed by atoms with van der Waals surface area (Å²) in [5, 5.41) is 33.9. The average Bonchev–Trinajstić information content (AvgIpc) is 3.07. The van der Waals surface area contributed by atoms with Gasteiger partial charge in [0.1, 0.15) is 11.6 Å². The van der Waals surface area contributed by atoms with Crippen molar-refractivity contribution in [3.05, 3.63) is 33.6 Å². The van der Waals surface area contributed by atoms with Crippen LogP contribution in [0.4, 0.5) is 15.3 Å². The lowest BCUT2D eigenvalue weighted by Gasteiger charge is -2.02. The van der Waals surface area contributed by atoms with Crippen LogP contribution in [0.2, 0.25) is 0 Å². The Bertz CT molecular complexity index is 853. The van der Waals surface area contributed by atoms with Gasteiger partial charge >= 0.3 is 17.9 Å². The van der Waals surface area contributed by atoms with Gasteiger partial charge in [-0.3, -0.25) is 20.7 Å². The molecule has 2 amide bonds. The van der Waals surface area contributed by atoms with Gasteiger partial charge in [-0.25, -0.2) is 9.59 Å². The zero-order valence-corrected chi connectivity index (χ0v) is 14.2. The number of aromatic hydroxyl groups is 2. The summed E-state index contributed by atoms with van der Waals surface area (Å²) in [4.78, 5) is 31.2. The van der Waals surface area contributed by atoms with Gasteiger partial charge in [-0.05, 0) is 17.7 Å². The van der Waals surface area contributed by atoms with Gasteiger partial charge in [-0.2, -0.15) is 0 Å². The Morgan fingerprint density at radius 1 is 1.19 bits per heavy atom. The molecule has 13 heteroatoms. The number of rotatable bonds is 2. The molecule has 2 aliphatic heterocycles. The number of hydrogen-bond acceptors (Lipinski definition) is 10. The lowest BCUT2D eigenvalue weighted by molar-refractivity contribution is -0.386. The fraction of sp³-hybridized carbons (Fsp3) is 0.0769. The second-order valence-electron chi connectivity index (χ2n) is 4.64. The van der Waals surface area contributed by atoms with E-state index in [2.05, 4.69) is 27.6 Å². The van der Waals surface area contributed by atoms with Gasteiger partial charge in [-0.1, -0.05) is 24.4 Å². The first-order valence-corrected chi connectivity index (χ1v) is 7.41. The predicted octanol–water partition coefficient (Wildman–Crippen LogP) is 1.47. The van der Waals surface area contributed by atoms with Gasteiger partial charge in [0.05, 0.1) is 4.92 Å². The highest BCUT2D eigenvalue weighted by Gasteiger charge is 2.24. The van der Waals surface area contributed by atoms with Crippen molar-refractivity contribution in [1.29, 1.82) is 0 Å². The smallest absolute Gasteiger partial charge is 0.417 e. The minimum Gasteiger partial charge on any atom is -0.504 e. The molecule has 11 nitrogen and oxygen atoms in total. The molecule has 2 saturated heterocycles. The normalized spacial score (nSPS) is 17.0. The number of alkyl carbamates (subject to hydrolysis) is 2. The summed E-state index contributed by atoms with van der Waals surface area (Å²) in [6.45, 7) is 0.244. The van der Waals surface area contributed by atoms with Crippen molar-refractivity contribution in [1.82, 2.24) is 10.6 Å². The maximum absolute atomic E-state index is 10.9. The number of ether oxygens (including phenoxy) is 2. The van der Waals surface area contributed by atoms with Crippen molar-refractivity contribution in [2.45, 2.75) is 0 Å². The minimum absolute atomic E-state index is 0.000567. The van der Waals surface area contributed by atoms with E-state index in [1.54, 1.807) is 0 Å². The largest absolute Gasteiger partial charge is 0.504 e. The number of hydrogen-bond donors (Lipinski definition) is 4. The SMILES string of the molecule is O=C1NC(=S)C(=Cc2cc(O)c(O)c([N+](=O)[O-])c2)O1.O=C1NC(=S)CO1. The minimum atomic E-state index is -0.853. The number of benzene rings is 1. The zero-order valence-electron chi connectivity index (χ0n) is 12.5. The summed E-state index contributed by atoms with van der Waals surface area (Å²) in [5.41, 5.74) is -0.522.